The van der Waals surface area contributed by atoms with Gasteiger partial charge in [0.15, 0.2) is 0 Å². The Morgan fingerprint density at radius 2 is 1.74 bits per heavy atom. The van der Waals surface area contributed by atoms with Crippen LogP contribution in [0.1, 0.15) is 29.9 Å². The molecule has 3 aliphatic rings. The van der Waals surface area contributed by atoms with E-state index in [0.717, 1.165) is 11.1 Å². The molecule has 0 aromatic heterocycles. The lowest BCUT2D eigenvalue weighted by Gasteiger charge is -2.29. The minimum absolute atomic E-state index is 0.0138. The first kappa shape index (κ1) is 23.1. The molecule has 2 aromatic rings. The van der Waals surface area contributed by atoms with E-state index in [1.807, 2.05) is 24.3 Å². The van der Waals surface area contributed by atoms with E-state index in [0.29, 0.717) is 31.6 Å². The Balaban J connectivity index is 1.15. The standard InChI is InChI=1S/C27H28N2O6/c30-25(29-12-9-17(10-13-29)26(31)32)24-18(11-14-34-24)15-28-27(33)35-16-23-21-7-3-1-5-19(21)20-6-2-4-8-22(20)23/h1-9,18,23-24H,10-16H2,(H,28,33)(H,31,32)/t18-,24-/m0/s1. The maximum atomic E-state index is 12.9. The lowest BCUT2D eigenvalue weighted by molar-refractivity contribution is -0.143. The second-order valence-electron chi connectivity index (χ2n) is 9.12. The minimum Gasteiger partial charge on any atom is -0.478 e. The molecule has 2 amide bonds. The molecule has 2 N–H and O–H groups in total. The van der Waals surface area contributed by atoms with Gasteiger partial charge in [-0.2, -0.15) is 0 Å². The third kappa shape index (κ3) is 4.66. The van der Waals surface area contributed by atoms with Gasteiger partial charge in [0, 0.05) is 43.7 Å². The molecule has 2 aromatic carbocycles. The van der Waals surface area contributed by atoms with Crippen molar-refractivity contribution >= 4 is 18.0 Å². The van der Waals surface area contributed by atoms with Crippen molar-refractivity contribution in [2.75, 3.05) is 32.8 Å². The summed E-state index contributed by atoms with van der Waals surface area (Å²) in [5.74, 6) is -1.28. The second kappa shape index (κ2) is 9.92. The van der Waals surface area contributed by atoms with Crippen LogP contribution in [-0.2, 0) is 19.1 Å². The molecule has 2 aliphatic heterocycles. The number of benzene rings is 2. The number of carbonyl (C=O) groups excluding carboxylic acids is 2. The zero-order valence-electron chi connectivity index (χ0n) is 19.3. The number of alkyl carbamates (subject to hydrolysis) is 1. The topological polar surface area (TPSA) is 105 Å². The number of rotatable bonds is 6. The molecule has 0 bridgehead atoms. The van der Waals surface area contributed by atoms with Crippen molar-refractivity contribution in [3.8, 4) is 11.1 Å². The van der Waals surface area contributed by atoms with E-state index < -0.39 is 18.2 Å². The van der Waals surface area contributed by atoms with Crippen LogP contribution >= 0.6 is 0 Å². The van der Waals surface area contributed by atoms with Gasteiger partial charge in [-0.3, -0.25) is 4.79 Å². The predicted molar refractivity (Wildman–Crippen MR) is 128 cm³/mol. The Bertz CT molecular complexity index is 1130. The van der Waals surface area contributed by atoms with Crippen LogP contribution in [0.15, 0.2) is 60.2 Å². The molecule has 182 valence electrons. The second-order valence-corrected chi connectivity index (χ2v) is 9.12. The molecular weight excluding hydrogens is 448 g/mol. The van der Waals surface area contributed by atoms with Gasteiger partial charge in [0.1, 0.15) is 12.7 Å². The smallest absolute Gasteiger partial charge is 0.407 e. The van der Waals surface area contributed by atoms with E-state index in [1.54, 1.807) is 11.0 Å². The van der Waals surface area contributed by atoms with Crippen LogP contribution in [0.3, 0.4) is 0 Å². The van der Waals surface area contributed by atoms with Gasteiger partial charge in [0.2, 0.25) is 0 Å². The molecule has 35 heavy (non-hydrogen) atoms. The lowest BCUT2D eigenvalue weighted by atomic mass is 9.98. The van der Waals surface area contributed by atoms with Crippen LogP contribution in [-0.4, -0.2) is 66.9 Å². The molecule has 1 saturated heterocycles. The molecule has 0 unspecified atom stereocenters. The van der Waals surface area contributed by atoms with Crippen molar-refractivity contribution in [2.24, 2.45) is 5.92 Å². The molecule has 0 saturated carbocycles. The summed E-state index contributed by atoms with van der Waals surface area (Å²) in [6.45, 7) is 1.56. The van der Waals surface area contributed by atoms with E-state index in [2.05, 4.69) is 29.6 Å². The molecule has 1 aliphatic carbocycles. The summed E-state index contributed by atoms with van der Waals surface area (Å²) in [5, 5.41) is 11.9. The molecule has 1 fully saturated rings. The zero-order chi connectivity index (χ0) is 24.4. The van der Waals surface area contributed by atoms with E-state index >= 15 is 0 Å². The minimum atomic E-state index is -0.945. The lowest BCUT2D eigenvalue weighted by Crippen LogP contribution is -2.46. The Hall–Kier alpha value is -3.65. The number of carboxylic acid groups (broad SMARTS) is 1. The fourth-order valence-electron chi connectivity index (χ4n) is 5.22. The highest BCUT2D eigenvalue weighted by Crippen LogP contribution is 2.44. The first-order valence-corrected chi connectivity index (χ1v) is 11.9. The normalized spacial score (nSPS) is 21.1. The number of fused-ring (bicyclic) bond motifs is 3. The number of hydrogen-bond donors (Lipinski definition) is 2. The SMILES string of the molecule is O=C(NC[C@@H]1CCO[C@@H]1C(=O)N1CC=C(C(=O)O)CC1)OCC1c2ccccc2-c2ccccc21. The van der Waals surface area contributed by atoms with Crippen molar-refractivity contribution in [1.29, 1.82) is 0 Å². The summed E-state index contributed by atoms with van der Waals surface area (Å²) in [5.41, 5.74) is 4.97. The van der Waals surface area contributed by atoms with Crippen molar-refractivity contribution in [2.45, 2.75) is 24.9 Å². The van der Waals surface area contributed by atoms with Gasteiger partial charge in [-0.15, -0.1) is 0 Å². The average molecular weight is 477 g/mol. The summed E-state index contributed by atoms with van der Waals surface area (Å²) in [7, 11) is 0. The number of hydrogen-bond acceptors (Lipinski definition) is 5. The summed E-state index contributed by atoms with van der Waals surface area (Å²) < 4.78 is 11.3. The first-order valence-electron chi connectivity index (χ1n) is 11.9. The van der Waals surface area contributed by atoms with Gasteiger partial charge in [0.25, 0.3) is 5.91 Å². The zero-order valence-corrected chi connectivity index (χ0v) is 19.3. The van der Waals surface area contributed by atoms with Gasteiger partial charge >= 0.3 is 12.1 Å². The fourth-order valence-corrected chi connectivity index (χ4v) is 5.22. The van der Waals surface area contributed by atoms with Crippen LogP contribution < -0.4 is 5.32 Å². The van der Waals surface area contributed by atoms with Gasteiger partial charge in [0.05, 0.1) is 0 Å². The summed E-state index contributed by atoms with van der Waals surface area (Å²) in [4.78, 5) is 38.2. The molecule has 0 radical (unpaired) electrons. The van der Waals surface area contributed by atoms with Crippen molar-refractivity contribution in [1.82, 2.24) is 10.2 Å². The molecule has 5 rings (SSSR count). The molecular formula is C27H28N2O6. The predicted octanol–water partition coefficient (Wildman–Crippen LogP) is 3.17. The van der Waals surface area contributed by atoms with Gasteiger partial charge < -0.3 is 24.8 Å². The van der Waals surface area contributed by atoms with Gasteiger partial charge in [-0.1, -0.05) is 54.6 Å². The molecule has 2 heterocycles. The Morgan fingerprint density at radius 1 is 1.06 bits per heavy atom. The van der Waals surface area contributed by atoms with E-state index in [9.17, 15) is 14.4 Å². The fraction of sp³-hybridized carbons (Fsp3) is 0.370. The summed E-state index contributed by atoms with van der Waals surface area (Å²) in [6.07, 6.45) is 1.38. The highest BCUT2D eigenvalue weighted by molar-refractivity contribution is 5.88. The third-order valence-corrected chi connectivity index (χ3v) is 7.11. The molecule has 0 spiro atoms. The highest BCUT2D eigenvalue weighted by atomic mass is 16.5. The van der Waals surface area contributed by atoms with Crippen LogP contribution in [0.4, 0.5) is 4.79 Å². The maximum Gasteiger partial charge on any atom is 0.407 e. The van der Waals surface area contributed by atoms with E-state index in [4.69, 9.17) is 14.6 Å². The quantitative estimate of drug-likeness (QED) is 0.664. The van der Waals surface area contributed by atoms with E-state index in [-0.39, 0.29) is 37.4 Å². The van der Waals surface area contributed by atoms with Gasteiger partial charge in [-0.05, 0) is 35.1 Å². The number of amides is 2. The Labute approximate surface area is 203 Å². The molecule has 2 atom stereocenters. The summed E-state index contributed by atoms with van der Waals surface area (Å²) >= 11 is 0. The van der Waals surface area contributed by atoms with Crippen LogP contribution in [0, 0.1) is 5.92 Å². The number of carbonyl (C=O) groups is 3. The number of aliphatic carboxylic acids is 1. The van der Waals surface area contributed by atoms with Crippen molar-refractivity contribution < 1.29 is 29.0 Å². The number of nitrogens with zero attached hydrogens (tertiary/aromatic N) is 1. The van der Waals surface area contributed by atoms with Crippen molar-refractivity contribution in [3.05, 3.63) is 71.3 Å². The number of nitrogens with one attached hydrogen (secondary N) is 1. The maximum absolute atomic E-state index is 12.9. The largest absolute Gasteiger partial charge is 0.478 e. The van der Waals surface area contributed by atoms with Crippen LogP contribution in [0.25, 0.3) is 11.1 Å². The average Bonchev–Trinajstić information content (AvgIpc) is 3.48. The van der Waals surface area contributed by atoms with Gasteiger partial charge in [-0.25, -0.2) is 9.59 Å². The summed E-state index contributed by atoms with van der Waals surface area (Å²) in [6, 6.07) is 16.3. The first-order chi connectivity index (χ1) is 17.0. The highest BCUT2D eigenvalue weighted by Gasteiger charge is 2.37. The van der Waals surface area contributed by atoms with Crippen LogP contribution in [0.2, 0.25) is 0 Å². The van der Waals surface area contributed by atoms with E-state index in [1.165, 1.54) is 11.1 Å². The Morgan fingerprint density at radius 3 is 2.37 bits per heavy atom. The third-order valence-electron chi connectivity index (χ3n) is 7.11. The Kier molecular flexibility index (Phi) is 6.55. The number of carboxylic acids is 1. The number of ether oxygens (including phenoxy) is 2. The van der Waals surface area contributed by atoms with Crippen molar-refractivity contribution in [3.63, 3.8) is 0 Å². The molecule has 8 nitrogen and oxygen atoms in total. The molecule has 8 heteroatoms. The monoisotopic (exact) mass is 476 g/mol. The van der Waals surface area contributed by atoms with Crippen LogP contribution in [0.5, 0.6) is 0 Å².